The van der Waals surface area contributed by atoms with Gasteiger partial charge < -0.3 is 9.84 Å². The number of likely N-dealkylation sites (tertiary alicyclic amines) is 1. The number of hydrogen-bond donors (Lipinski definition) is 1. The predicted molar refractivity (Wildman–Crippen MR) is 128 cm³/mol. The van der Waals surface area contributed by atoms with E-state index in [1.165, 1.54) is 11.1 Å². The van der Waals surface area contributed by atoms with Gasteiger partial charge in [-0.3, -0.25) is 4.90 Å². The van der Waals surface area contributed by atoms with E-state index in [0.29, 0.717) is 18.4 Å². The van der Waals surface area contributed by atoms with Crippen molar-refractivity contribution in [2.45, 2.75) is 64.7 Å². The van der Waals surface area contributed by atoms with Crippen molar-refractivity contribution in [3.05, 3.63) is 65.2 Å². The summed E-state index contributed by atoms with van der Waals surface area (Å²) in [7, 11) is 0. The van der Waals surface area contributed by atoms with Crippen LogP contribution in [0.1, 0.15) is 50.8 Å². The Kier molecular flexibility index (Phi) is 7.90. The van der Waals surface area contributed by atoms with Gasteiger partial charge in [-0.1, -0.05) is 63.2 Å². The molecule has 0 saturated carbocycles. The average Bonchev–Trinajstić information content (AvgIpc) is 2.67. The number of phenols is 1. The zero-order chi connectivity index (χ0) is 19.9. The summed E-state index contributed by atoms with van der Waals surface area (Å²) in [5.74, 6) is 0.458. The molecule has 166 valence electrons. The number of nitrogens with zero attached hydrogens (tertiary/aromatic N) is 1. The molecule has 1 heterocycles. The van der Waals surface area contributed by atoms with Crippen molar-refractivity contribution in [3.63, 3.8) is 0 Å². The molecule has 1 fully saturated rings. The highest BCUT2D eigenvalue weighted by Crippen LogP contribution is 2.57. The van der Waals surface area contributed by atoms with Gasteiger partial charge in [0.05, 0.1) is 12.7 Å². The molecule has 0 spiro atoms. The maximum atomic E-state index is 10.5. The van der Waals surface area contributed by atoms with Gasteiger partial charge in [0.25, 0.3) is 0 Å². The summed E-state index contributed by atoms with van der Waals surface area (Å²) in [6, 6.07) is 16.9. The minimum absolute atomic E-state index is 0. The number of ether oxygens (including phenoxy) is 1. The Morgan fingerprint density at radius 2 is 1.77 bits per heavy atom. The van der Waals surface area contributed by atoms with Gasteiger partial charge in [0.2, 0.25) is 0 Å². The predicted octanol–water partition coefficient (Wildman–Crippen LogP) is 5.76. The Morgan fingerprint density at radius 3 is 2.47 bits per heavy atom. The molecular formula is C25H35Cl2NO2. The van der Waals surface area contributed by atoms with Gasteiger partial charge in [0.1, 0.15) is 5.75 Å². The highest BCUT2D eigenvalue weighted by Gasteiger charge is 2.56. The van der Waals surface area contributed by atoms with E-state index in [9.17, 15) is 5.11 Å². The van der Waals surface area contributed by atoms with Crippen LogP contribution in [0.3, 0.4) is 0 Å². The molecule has 0 radical (unpaired) electrons. The van der Waals surface area contributed by atoms with Crippen LogP contribution in [0.15, 0.2) is 48.5 Å². The largest absolute Gasteiger partial charge is 0.508 e. The zero-order valence-corrected chi connectivity index (χ0v) is 20.1. The first kappa shape index (κ1) is 25.0. The van der Waals surface area contributed by atoms with Crippen molar-refractivity contribution in [3.8, 4) is 5.75 Å². The van der Waals surface area contributed by atoms with Crippen LogP contribution in [0, 0.1) is 5.41 Å². The molecule has 2 aliphatic rings. The minimum atomic E-state index is 0. The van der Waals surface area contributed by atoms with Gasteiger partial charge in [-0.05, 0) is 54.5 Å². The number of fused-ring (bicyclic) bond motifs is 4. The van der Waals surface area contributed by atoms with Crippen molar-refractivity contribution >= 4 is 24.8 Å². The van der Waals surface area contributed by atoms with E-state index in [4.69, 9.17) is 4.74 Å². The molecule has 3 unspecified atom stereocenters. The van der Waals surface area contributed by atoms with Crippen molar-refractivity contribution < 1.29 is 9.84 Å². The summed E-state index contributed by atoms with van der Waals surface area (Å²) in [5.41, 5.74) is 3.95. The summed E-state index contributed by atoms with van der Waals surface area (Å²) in [6.45, 7) is 12.1. The van der Waals surface area contributed by atoms with Crippen molar-refractivity contribution in [1.29, 1.82) is 0 Å². The maximum Gasteiger partial charge on any atom is 0.119 e. The number of aromatic hydroxyl groups is 1. The van der Waals surface area contributed by atoms with E-state index < -0.39 is 0 Å². The maximum absolute atomic E-state index is 10.5. The van der Waals surface area contributed by atoms with Gasteiger partial charge in [0, 0.05) is 18.0 Å². The molecule has 2 aromatic carbocycles. The van der Waals surface area contributed by atoms with Gasteiger partial charge in [0.15, 0.2) is 0 Å². The molecule has 1 aliphatic heterocycles. The third-order valence-corrected chi connectivity index (χ3v) is 7.61. The normalized spacial score (nSPS) is 25.4. The first-order valence-corrected chi connectivity index (χ1v) is 10.5. The molecule has 1 aliphatic carbocycles. The van der Waals surface area contributed by atoms with Crippen molar-refractivity contribution in [1.82, 2.24) is 4.90 Å². The van der Waals surface area contributed by atoms with Gasteiger partial charge >= 0.3 is 0 Å². The number of piperidine rings is 1. The molecule has 4 rings (SSSR count). The Balaban J connectivity index is 0.00000160. The van der Waals surface area contributed by atoms with Gasteiger partial charge in [-0.15, -0.1) is 24.8 Å². The van der Waals surface area contributed by atoms with Crippen LogP contribution in [0.2, 0.25) is 0 Å². The third kappa shape index (κ3) is 4.23. The molecule has 3 atom stereocenters. The van der Waals surface area contributed by atoms with E-state index in [2.05, 4.69) is 62.9 Å². The summed E-state index contributed by atoms with van der Waals surface area (Å²) in [6.07, 6.45) is 2.19. The molecule has 1 saturated heterocycles. The average molecular weight is 452 g/mol. The number of halogens is 2. The fourth-order valence-corrected chi connectivity index (χ4v) is 5.45. The molecule has 2 bridgehead atoms. The number of rotatable bonds is 5. The lowest BCUT2D eigenvalue weighted by atomic mass is 9.51. The molecule has 0 aromatic heterocycles. The van der Waals surface area contributed by atoms with E-state index >= 15 is 0 Å². The first-order chi connectivity index (χ1) is 13.3. The number of hydrogen-bond acceptors (Lipinski definition) is 3. The second kappa shape index (κ2) is 9.48. The molecule has 30 heavy (non-hydrogen) atoms. The molecule has 3 nitrogen and oxygen atoms in total. The van der Waals surface area contributed by atoms with Crippen LogP contribution >= 0.6 is 24.8 Å². The minimum Gasteiger partial charge on any atom is -0.508 e. The highest BCUT2D eigenvalue weighted by molar-refractivity contribution is 5.85. The zero-order valence-electron chi connectivity index (χ0n) is 18.4. The van der Waals surface area contributed by atoms with E-state index in [0.717, 1.165) is 31.5 Å². The standard InChI is InChI=1S/C25H33NO2.2ClH/c1-18(28-17-19-9-6-5-7-10-19)16-26-14-13-25(4)21-11-8-12-22(27)20(21)15-23(26)24(25,2)3;;/h5-12,18,23,27H,13-17H2,1-4H3;2*1H. The molecule has 2 aromatic rings. The molecular weight excluding hydrogens is 417 g/mol. The molecule has 5 heteroatoms. The van der Waals surface area contributed by atoms with Crippen LogP contribution in [-0.2, 0) is 23.2 Å². The molecule has 0 amide bonds. The van der Waals surface area contributed by atoms with Crippen LogP contribution in [0.4, 0.5) is 0 Å². The lowest BCUT2D eigenvalue weighted by molar-refractivity contribution is -0.0651. The van der Waals surface area contributed by atoms with E-state index in [-0.39, 0.29) is 41.7 Å². The first-order valence-electron chi connectivity index (χ1n) is 10.5. The van der Waals surface area contributed by atoms with Crippen LogP contribution in [0.25, 0.3) is 0 Å². The summed E-state index contributed by atoms with van der Waals surface area (Å²) in [4.78, 5) is 2.60. The third-order valence-electron chi connectivity index (χ3n) is 7.61. The second-order valence-corrected chi connectivity index (χ2v) is 9.43. The quantitative estimate of drug-likeness (QED) is 0.627. The van der Waals surface area contributed by atoms with E-state index in [1.807, 2.05) is 18.2 Å². The Bertz CT molecular complexity index is 842. The highest BCUT2D eigenvalue weighted by atomic mass is 35.5. The fourth-order valence-electron chi connectivity index (χ4n) is 5.45. The van der Waals surface area contributed by atoms with Crippen LogP contribution in [-0.4, -0.2) is 35.2 Å². The lowest BCUT2D eigenvalue weighted by Crippen LogP contribution is -2.64. The Labute approximate surface area is 193 Å². The summed E-state index contributed by atoms with van der Waals surface area (Å²) >= 11 is 0. The Morgan fingerprint density at radius 1 is 1.07 bits per heavy atom. The van der Waals surface area contributed by atoms with Gasteiger partial charge in [-0.2, -0.15) is 0 Å². The number of benzene rings is 2. The topological polar surface area (TPSA) is 32.7 Å². The Hall–Kier alpha value is -1.26. The smallest absolute Gasteiger partial charge is 0.119 e. The van der Waals surface area contributed by atoms with Crippen molar-refractivity contribution in [2.75, 3.05) is 13.1 Å². The monoisotopic (exact) mass is 451 g/mol. The van der Waals surface area contributed by atoms with Crippen LogP contribution < -0.4 is 0 Å². The van der Waals surface area contributed by atoms with Crippen molar-refractivity contribution in [2.24, 2.45) is 5.41 Å². The summed E-state index contributed by atoms with van der Waals surface area (Å²) < 4.78 is 6.16. The van der Waals surface area contributed by atoms with Crippen LogP contribution in [0.5, 0.6) is 5.75 Å². The lowest BCUT2D eigenvalue weighted by Gasteiger charge is -2.61. The second-order valence-electron chi connectivity index (χ2n) is 9.43. The van der Waals surface area contributed by atoms with E-state index in [1.54, 1.807) is 0 Å². The van der Waals surface area contributed by atoms with Gasteiger partial charge in [-0.25, -0.2) is 0 Å². The SMILES string of the molecule is CC(CN1CCC2(C)c3cccc(O)c3CC1C2(C)C)OCc1ccccc1.Cl.Cl. The fraction of sp³-hybridized carbons (Fsp3) is 0.520. The summed E-state index contributed by atoms with van der Waals surface area (Å²) in [5, 5.41) is 10.5. The molecule has 1 N–H and O–H groups in total. The number of phenolic OH excluding ortho intramolecular Hbond substituents is 1.